The van der Waals surface area contributed by atoms with Crippen LogP contribution in [0.5, 0.6) is 5.75 Å². The van der Waals surface area contributed by atoms with Crippen LogP contribution >= 0.6 is 0 Å². The molecule has 1 fully saturated rings. The second-order valence-corrected chi connectivity index (χ2v) is 6.98. The molecule has 152 valence electrons. The number of methoxy groups -OCH3 is 1. The minimum absolute atomic E-state index is 0.0460. The van der Waals surface area contributed by atoms with Crippen LogP contribution in [0.15, 0.2) is 47.0 Å². The molecule has 1 aromatic heterocycles. The molecule has 1 aliphatic heterocycles. The van der Waals surface area contributed by atoms with Crippen molar-refractivity contribution >= 4 is 0 Å². The molecule has 0 radical (unpaired) electrons. The maximum absolute atomic E-state index is 13.4. The van der Waals surface area contributed by atoms with E-state index in [0.29, 0.717) is 18.3 Å². The van der Waals surface area contributed by atoms with E-state index in [0.717, 1.165) is 42.5 Å². The van der Waals surface area contributed by atoms with Crippen molar-refractivity contribution in [2.45, 2.75) is 25.7 Å². The van der Waals surface area contributed by atoms with Crippen LogP contribution in [-0.2, 0) is 17.9 Å². The van der Waals surface area contributed by atoms with Crippen molar-refractivity contribution in [2.24, 2.45) is 0 Å². The number of nitrogens with zero attached hydrogens (tertiary/aromatic N) is 3. The first-order valence-corrected chi connectivity index (χ1v) is 9.35. The Morgan fingerprint density at radius 3 is 2.72 bits per heavy atom. The summed E-state index contributed by atoms with van der Waals surface area (Å²) >= 11 is 0. The predicted octanol–water partition coefficient (Wildman–Crippen LogP) is 3.81. The minimum Gasteiger partial charge on any atom is -0.489 e. The molecule has 2 aromatic carbocycles. The van der Waals surface area contributed by atoms with Crippen molar-refractivity contribution in [1.82, 2.24) is 15.0 Å². The normalized spacial score (nSPS) is 17.0. The van der Waals surface area contributed by atoms with Crippen LogP contribution in [0.1, 0.15) is 17.9 Å². The number of halogens is 2. The highest BCUT2D eigenvalue weighted by Gasteiger charge is 2.24. The van der Waals surface area contributed by atoms with Crippen LogP contribution < -0.4 is 4.74 Å². The topological polar surface area (TPSA) is 60.6 Å². The van der Waals surface area contributed by atoms with Gasteiger partial charge in [-0.3, -0.25) is 4.90 Å². The third kappa shape index (κ3) is 4.78. The molecule has 1 aliphatic rings. The van der Waals surface area contributed by atoms with Gasteiger partial charge < -0.3 is 14.0 Å². The molecule has 0 bridgehead atoms. The van der Waals surface area contributed by atoms with E-state index >= 15 is 0 Å². The fourth-order valence-electron chi connectivity index (χ4n) is 3.36. The van der Waals surface area contributed by atoms with Gasteiger partial charge in [0.2, 0.25) is 5.82 Å². The molecule has 3 aromatic rings. The largest absolute Gasteiger partial charge is 0.489 e. The maximum Gasteiger partial charge on any atom is 0.252 e. The first kappa shape index (κ1) is 19.5. The standard InChI is InChI=1S/C21H21F2N3O3/c1-27-13-20-24-21(25-29-20)15-3-5-16(6-4-15)28-17-8-9-26(12-17)11-14-2-7-18(22)19(23)10-14/h2-7,10,17H,8-9,11-13H2,1H3. The van der Waals surface area contributed by atoms with E-state index in [9.17, 15) is 8.78 Å². The van der Waals surface area contributed by atoms with E-state index in [1.165, 1.54) is 6.07 Å². The number of likely N-dealkylation sites (tertiary alicyclic amines) is 1. The van der Waals surface area contributed by atoms with Crippen molar-refractivity contribution in [2.75, 3.05) is 20.2 Å². The highest BCUT2D eigenvalue weighted by Crippen LogP contribution is 2.24. The fraction of sp³-hybridized carbons (Fsp3) is 0.333. The molecule has 2 heterocycles. The van der Waals surface area contributed by atoms with Gasteiger partial charge in [-0.05, 0) is 48.4 Å². The van der Waals surface area contributed by atoms with Gasteiger partial charge in [0.1, 0.15) is 18.5 Å². The minimum atomic E-state index is -0.824. The van der Waals surface area contributed by atoms with Crippen LogP contribution in [-0.4, -0.2) is 41.3 Å². The summed E-state index contributed by atoms with van der Waals surface area (Å²) in [5.41, 5.74) is 1.58. The van der Waals surface area contributed by atoms with Gasteiger partial charge >= 0.3 is 0 Å². The lowest BCUT2D eigenvalue weighted by Gasteiger charge is -2.17. The Hall–Kier alpha value is -2.84. The first-order chi connectivity index (χ1) is 14.1. The van der Waals surface area contributed by atoms with Crippen molar-refractivity contribution < 1.29 is 22.8 Å². The van der Waals surface area contributed by atoms with E-state index in [1.807, 2.05) is 24.3 Å². The predicted molar refractivity (Wildman–Crippen MR) is 101 cm³/mol. The van der Waals surface area contributed by atoms with Crippen molar-refractivity contribution in [3.8, 4) is 17.1 Å². The number of aromatic nitrogens is 2. The lowest BCUT2D eigenvalue weighted by atomic mass is 10.2. The second kappa shape index (κ2) is 8.67. The smallest absolute Gasteiger partial charge is 0.252 e. The fourth-order valence-corrected chi connectivity index (χ4v) is 3.36. The zero-order chi connectivity index (χ0) is 20.2. The van der Waals surface area contributed by atoms with Crippen LogP contribution in [0, 0.1) is 11.6 Å². The summed E-state index contributed by atoms with van der Waals surface area (Å²) in [6.45, 7) is 2.41. The van der Waals surface area contributed by atoms with Gasteiger partial charge in [0.05, 0.1) is 0 Å². The molecule has 4 rings (SSSR count). The van der Waals surface area contributed by atoms with Crippen LogP contribution in [0.3, 0.4) is 0 Å². The molecule has 29 heavy (non-hydrogen) atoms. The van der Waals surface area contributed by atoms with E-state index in [4.69, 9.17) is 14.0 Å². The average Bonchev–Trinajstić information content (AvgIpc) is 3.35. The summed E-state index contributed by atoms with van der Waals surface area (Å²) in [5.74, 6) is 0.0483. The summed E-state index contributed by atoms with van der Waals surface area (Å²) < 4.78 is 42.6. The maximum atomic E-state index is 13.4. The molecular weight excluding hydrogens is 380 g/mol. The van der Waals surface area contributed by atoms with E-state index in [-0.39, 0.29) is 12.7 Å². The number of rotatable bonds is 7. The van der Waals surface area contributed by atoms with Gasteiger partial charge in [0.25, 0.3) is 5.89 Å². The second-order valence-electron chi connectivity index (χ2n) is 6.98. The molecular formula is C21H21F2N3O3. The quantitative estimate of drug-likeness (QED) is 0.600. The molecule has 0 amide bonds. The lowest BCUT2D eigenvalue weighted by Crippen LogP contribution is -2.24. The molecule has 1 atom stereocenters. The summed E-state index contributed by atoms with van der Waals surface area (Å²) in [4.78, 5) is 6.43. The lowest BCUT2D eigenvalue weighted by molar-refractivity contribution is 0.151. The third-order valence-electron chi connectivity index (χ3n) is 4.77. The number of ether oxygens (including phenoxy) is 2. The number of hydrogen-bond donors (Lipinski definition) is 0. The Bertz CT molecular complexity index is 962. The van der Waals surface area contributed by atoms with Gasteiger partial charge in [-0.2, -0.15) is 4.98 Å². The average molecular weight is 401 g/mol. The van der Waals surface area contributed by atoms with Crippen molar-refractivity contribution in [3.63, 3.8) is 0 Å². The molecule has 8 heteroatoms. The van der Waals surface area contributed by atoms with Crippen LogP contribution in [0.25, 0.3) is 11.4 Å². The molecule has 1 saturated heterocycles. The molecule has 0 saturated carbocycles. The van der Waals surface area contributed by atoms with Gasteiger partial charge in [-0.25, -0.2) is 8.78 Å². The Kier molecular flexibility index (Phi) is 5.82. The molecule has 0 N–H and O–H groups in total. The molecule has 0 aliphatic carbocycles. The first-order valence-electron chi connectivity index (χ1n) is 9.35. The molecule has 0 spiro atoms. The van der Waals surface area contributed by atoms with Crippen molar-refractivity contribution in [1.29, 1.82) is 0 Å². The van der Waals surface area contributed by atoms with Gasteiger partial charge in [0.15, 0.2) is 11.6 Å². The number of hydrogen-bond acceptors (Lipinski definition) is 6. The van der Waals surface area contributed by atoms with Crippen molar-refractivity contribution in [3.05, 3.63) is 65.6 Å². The van der Waals surface area contributed by atoms with Crippen LogP contribution in [0.4, 0.5) is 8.78 Å². The Morgan fingerprint density at radius 1 is 1.14 bits per heavy atom. The Balaban J connectivity index is 1.32. The summed E-state index contributed by atoms with van der Waals surface area (Å²) in [6.07, 6.45) is 0.918. The zero-order valence-corrected chi connectivity index (χ0v) is 16.0. The monoisotopic (exact) mass is 401 g/mol. The van der Waals surface area contributed by atoms with Gasteiger partial charge in [-0.15, -0.1) is 0 Å². The highest BCUT2D eigenvalue weighted by molar-refractivity contribution is 5.55. The zero-order valence-electron chi connectivity index (χ0n) is 16.0. The summed E-state index contributed by atoms with van der Waals surface area (Å²) in [7, 11) is 1.57. The Morgan fingerprint density at radius 2 is 1.97 bits per heavy atom. The van der Waals surface area contributed by atoms with E-state index in [1.54, 1.807) is 13.2 Å². The van der Waals surface area contributed by atoms with Gasteiger partial charge in [0, 0.05) is 32.3 Å². The number of benzene rings is 2. The summed E-state index contributed by atoms with van der Waals surface area (Å²) in [5, 5.41) is 3.94. The van der Waals surface area contributed by atoms with Gasteiger partial charge in [-0.1, -0.05) is 11.2 Å². The Labute approximate surface area is 167 Å². The summed E-state index contributed by atoms with van der Waals surface area (Å²) in [6, 6.07) is 11.5. The van der Waals surface area contributed by atoms with Crippen LogP contribution in [0.2, 0.25) is 0 Å². The van der Waals surface area contributed by atoms with E-state index < -0.39 is 11.6 Å². The SMILES string of the molecule is COCc1nc(-c2ccc(OC3CCN(Cc4ccc(F)c(F)c4)C3)cc2)no1. The highest BCUT2D eigenvalue weighted by atomic mass is 19.2. The van der Waals surface area contributed by atoms with E-state index in [2.05, 4.69) is 15.0 Å². The third-order valence-corrected chi connectivity index (χ3v) is 4.77. The molecule has 1 unspecified atom stereocenters. The molecule has 6 nitrogen and oxygen atoms in total.